The zero-order chi connectivity index (χ0) is 51.2. The second-order valence-corrected chi connectivity index (χ2v) is 17.7. The average Bonchev–Trinajstić information content (AvgIpc) is 3.31. The third kappa shape index (κ3) is 14.6. The standard InChI is InChI=1S/C49H47Cl5N8O8/c1-7-69-33-12-17-42(35(22-33)25(3)51)57-46(65)37-20-31(9-14-39(37)53)59-61-44(27(5)63)48(67)55-30-11-16-41(29(19-30)24-50)56-49(68)45(28(6)64)62-60-32-10-15-40(54)38(21-32)47(66)58-43-18-13-34(70-8-2)23-36(43)26(4)52/h9-23,25-26,44-45H,7-8,24H2,1-6H3,(H,55,67)(H,56,68)(H,57,65)(H,58,66). The molecule has 0 fully saturated rings. The summed E-state index contributed by atoms with van der Waals surface area (Å²) in [6, 6.07) is 19.7. The van der Waals surface area contributed by atoms with Crippen LogP contribution in [0, 0.1) is 0 Å². The Hall–Kier alpha value is -6.43. The molecule has 5 aromatic carbocycles. The highest BCUT2D eigenvalue weighted by molar-refractivity contribution is 6.35. The van der Waals surface area contributed by atoms with Gasteiger partial charge in [0, 0.05) is 28.6 Å². The summed E-state index contributed by atoms with van der Waals surface area (Å²) in [6.07, 6.45) is 0. The van der Waals surface area contributed by atoms with Gasteiger partial charge in [0.05, 0.1) is 56.5 Å². The van der Waals surface area contributed by atoms with Crippen molar-refractivity contribution in [2.45, 2.75) is 70.3 Å². The summed E-state index contributed by atoms with van der Waals surface area (Å²) in [5, 5.41) is 26.2. The summed E-state index contributed by atoms with van der Waals surface area (Å²) in [7, 11) is 0. The number of hydrogen-bond acceptors (Lipinski definition) is 12. The Labute approximate surface area is 428 Å². The number of halogens is 5. The van der Waals surface area contributed by atoms with E-state index >= 15 is 0 Å². The Balaban J connectivity index is 1.26. The minimum absolute atomic E-state index is 0.0378. The van der Waals surface area contributed by atoms with E-state index in [4.69, 9.17) is 67.5 Å². The number of azo groups is 2. The first-order chi connectivity index (χ1) is 33.3. The van der Waals surface area contributed by atoms with Crippen LogP contribution in [-0.4, -0.2) is 60.5 Å². The molecule has 366 valence electrons. The summed E-state index contributed by atoms with van der Waals surface area (Å²) in [4.78, 5) is 79.0. The van der Waals surface area contributed by atoms with Crippen LogP contribution >= 0.6 is 58.0 Å². The molecule has 0 spiro atoms. The zero-order valence-corrected chi connectivity index (χ0v) is 42.3. The number of Topliss-reactive ketones (excluding diaryl/α,β-unsaturated/α-hetero) is 2. The second kappa shape index (κ2) is 25.4. The smallest absolute Gasteiger partial charge is 0.258 e. The maximum Gasteiger partial charge on any atom is 0.258 e. The maximum absolute atomic E-state index is 13.5. The van der Waals surface area contributed by atoms with Gasteiger partial charge in [-0.25, -0.2) is 0 Å². The topological polar surface area (TPSA) is 218 Å². The molecule has 70 heavy (non-hydrogen) atoms. The molecule has 4 N–H and O–H groups in total. The summed E-state index contributed by atoms with van der Waals surface area (Å²) in [5.41, 5.74) is 3.14. The number of anilines is 4. The highest BCUT2D eigenvalue weighted by Crippen LogP contribution is 2.35. The van der Waals surface area contributed by atoms with Gasteiger partial charge in [-0.3, -0.25) is 28.8 Å². The number of rotatable bonds is 21. The highest BCUT2D eigenvalue weighted by Gasteiger charge is 2.27. The van der Waals surface area contributed by atoms with Crippen molar-refractivity contribution in [3.05, 3.63) is 129 Å². The van der Waals surface area contributed by atoms with Crippen molar-refractivity contribution in [3.63, 3.8) is 0 Å². The van der Waals surface area contributed by atoms with Crippen LogP contribution in [0.3, 0.4) is 0 Å². The van der Waals surface area contributed by atoms with Crippen LogP contribution in [0.1, 0.15) is 89.7 Å². The average molecular weight is 1050 g/mol. The minimum atomic E-state index is -1.62. The molecule has 4 amide bonds. The van der Waals surface area contributed by atoms with E-state index in [9.17, 15) is 28.8 Å². The molecule has 0 aliphatic rings. The molecule has 16 nitrogen and oxygen atoms in total. The van der Waals surface area contributed by atoms with E-state index < -0.39 is 58.0 Å². The molecule has 0 aromatic heterocycles. The van der Waals surface area contributed by atoms with Crippen molar-refractivity contribution >= 4 is 127 Å². The van der Waals surface area contributed by atoms with E-state index in [2.05, 4.69) is 41.7 Å². The van der Waals surface area contributed by atoms with Crippen LogP contribution in [0.15, 0.2) is 111 Å². The van der Waals surface area contributed by atoms with Crippen LogP contribution < -0.4 is 30.7 Å². The van der Waals surface area contributed by atoms with Crippen molar-refractivity contribution in [2.24, 2.45) is 20.5 Å². The fourth-order valence-electron chi connectivity index (χ4n) is 6.56. The number of hydrogen-bond donors (Lipinski definition) is 4. The maximum atomic E-state index is 13.5. The minimum Gasteiger partial charge on any atom is -0.494 e. The Bertz CT molecular complexity index is 2860. The molecule has 0 saturated heterocycles. The van der Waals surface area contributed by atoms with Crippen LogP contribution in [0.2, 0.25) is 10.0 Å². The van der Waals surface area contributed by atoms with Gasteiger partial charge in [0.1, 0.15) is 11.5 Å². The number of carbonyl (C=O) groups excluding carboxylic acids is 6. The molecule has 0 aliphatic heterocycles. The summed E-state index contributed by atoms with van der Waals surface area (Å²) < 4.78 is 11.1. The Morgan fingerprint density at radius 1 is 0.557 bits per heavy atom. The highest BCUT2D eigenvalue weighted by atomic mass is 35.5. The number of amides is 4. The Morgan fingerprint density at radius 3 is 1.39 bits per heavy atom. The number of benzene rings is 5. The van der Waals surface area contributed by atoms with Gasteiger partial charge in [0.2, 0.25) is 12.1 Å². The third-order valence-electron chi connectivity index (χ3n) is 10.0. The quantitative estimate of drug-likeness (QED) is 0.0314. The fourth-order valence-corrected chi connectivity index (χ4v) is 7.55. The van der Waals surface area contributed by atoms with E-state index in [0.717, 1.165) is 13.8 Å². The monoisotopic (exact) mass is 1050 g/mol. The molecule has 0 heterocycles. The van der Waals surface area contributed by atoms with E-state index in [1.54, 1.807) is 50.2 Å². The number of ether oxygens (including phenoxy) is 2. The number of alkyl halides is 3. The molecule has 4 unspecified atom stereocenters. The lowest BCUT2D eigenvalue weighted by Gasteiger charge is -2.15. The third-order valence-corrected chi connectivity index (χ3v) is 11.4. The lowest BCUT2D eigenvalue weighted by atomic mass is 10.1. The largest absolute Gasteiger partial charge is 0.494 e. The normalized spacial score (nSPS) is 13.0. The van der Waals surface area contributed by atoms with Gasteiger partial charge in [-0.15, -0.1) is 34.8 Å². The van der Waals surface area contributed by atoms with Crippen LogP contribution in [-0.2, 0) is 25.1 Å². The Morgan fingerprint density at radius 2 is 0.986 bits per heavy atom. The van der Waals surface area contributed by atoms with Gasteiger partial charge in [0.25, 0.3) is 23.6 Å². The van der Waals surface area contributed by atoms with Crippen LogP contribution in [0.5, 0.6) is 11.5 Å². The van der Waals surface area contributed by atoms with Crippen molar-refractivity contribution < 1.29 is 38.2 Å². The molecule has 21 heteroatoms. The number of nitrogens with one attached hydrogen (secondary N) is 4. The predicted molar refractivity (Wildman–Crippen MR) is 274 cm³/mol. The van der Waals surface area contributed by atoms with Crippen LogP contribution in [0.4, 0.5) is 34.1 Å². The predicted octanol–water partition coefficient (Wildman–Crippen LogP) is 13.0. The summed E-state index contributed by atoms with van der Waals surface area (Å²) in [5.74, 6) is -3.12. The number of nitrogens with zero attached hydrogens (tertiary/aromatic N) is 4. The van der Waals surface area contributed by atoms with Crippen molar-refractivity contribution in [1.82, 2.24) is 0 Å². The molecule has 5 rings (SSSR count). The molecule has 0 aliphatic carbocycles. The molecule has 0 bridgehead atoms. The van der Waals surface area contributed by atoms with Gasteiger partial charge < -0.3 is 30.7 Å². The zero-order valence-electron chi connectivity index (χ0n) is 38.5. The summed E-state index contributed by atoms with van der Waals surface area (Å²) >= 11 is 31.8. The molecule has 5 aromatic rings. The first-order valence-corrected chi connectivity index (χ1v) is 23.7. The molecule has 0 radical (unpaired) electrons. The van der Waals surface area contributed by atoms with Gasteiger partial charge in [-0.2, -0.15) is 20.5 Å². The fraction of sp³-hybridized carbons (Fsp3) is 0.265. The van der Waals surface area contributed by atoms with Gasteiger partial charge in [-0.05, 0) is 149 Å². The first kappa shape index (κ1) is 54.5. The SMILES string of the molecule is CCOc1ccc(NC(=O)c2cc(N=NC(C(C)=O)C(=O)Nc3ccc(NC(=O)C(N=Nc4ccc(Cl)c(C(=O)Nc5ccc(OCC)cc5C(C)Cl)c4)C(C)=O)c(CCl)c3)ccc2Cl)c(C(C)Cl)c1. The second-order valence-electron chi connectivity index (χ2n) is 15.3. The molecule has 0 saturated carbocycles. The van der Waals surface area contributed by atoms with E-state index in [1.807, 2.05) is 13.8 Å². The van der Waals surface area contributed by atoms with Gasteiger partial charge in [-0.1, -0.05) is 23.2 Å². The van der Waals surface area contributed by atoms with Gasteiger partial charge >= 0.3 is 0 Å². The molecule has 4 atom stereocenters. The van der Waals surface area contributed by atoms with Gasteiger partial charge in [0.15, 0.2) is 11.6 Å². The van der Waals surface area contributed by atoms with Crippen LogP contribution in [0.25, 0.3) is 0 Å². The van der Waals surface area contributed by atoms with Crippen molar-refractivity contribution in [3.8, 4) is 11.5 Å². The number of carbonyl (C=O) groups is 6. The van der Waals surface area contributed by atoms with E-state index in [1.165, 1.54) is 54.6 Å². The summed E-state index contributed by atoms with van der Waals surface area (Å²) in [6.45, 7) is 10.4. The lowest BCUT2D eigenvalue weighted by molar-refractivity contribution is -0.127. The molecular weight excluding hydrogens is 1010 g/mol. The van der Waals surface area contributed by atoms with Crippen molar-refractivity contribution in [2.75, 3.05) is 34.5 Å². The lowest BCUT2D eigenvalue weighted by Crippen LogP contribution is -2.32. The Kier molecular flexibility index (Phi) is 19.8. The van der Waals surface area contributed by atoms with Crippen molar-refractivity contribution in [1.29, 1.82) is 0 Å². The van der Waals surface area contributed by atoms with E-state index in [-0.39, 0.29) is 49.8 Å². The first-order valence-electron chi connectivity index (χ1n) is 21.5. The van der Waals surface area contributed by atoms with E-state index in [0.29, 0.717) is 52.8 Å². The molecular formula is C49H47Cl5N8O8. The number of ketones is 2.